The van der Waals surface area contributed by atoms with Crippen LogP contribution in [0, 0.1) is 18.8 Å². The highest BCUT2D eigenvalue weighted by molar-refractivity contribution is 7.99. The third-order valence-corrected chi connectivity index (χ3v) is 4.48. The number of hydrogen-bond acceptors (Lipinski definition) is 7. The Kier molecular flexibility index (Phi) is 6.65. The number of aromatic nitrogens is 4. The number of benzene rings is 2. The molecule has 0 unspecified atom stereocenters. The van der Waals surface area contributed by atoms with Crippen LogP contribution in [0.25, 0.3) is 5.69 Å². The van der Waals surface area contributed by atoms with E-state index in [-0.39, 0.29) is 12.6 Å². The molecule has 1 heterocycles. The van der Waals surface area contributed by atoms with Crippen LogP contribution in [0.1, 0.15) is 15.9 Å². The van der Waals surface area contributed by atoms with E-state index in [2.05, 4.69) is 27.4 Å². The average molecular weight is 394 g/mol. The predicted octanol–water partition coefficient (Wildman–Crippen LogP) is 2.93. The number of rotatable bonds is 6. The maximum Gasteiger partial charge on any atom is 0.339 e. The molecule has 0 N–H and O–H groups in total. The van der Waals surface area contributed by atoms with Gasteiger partial charge in [0.2, 0.25) is 5.16 Å². The molecule has 0 amide bonds. The van der Waals surface area contributed by atoms with Crippen LogP contribution in [0.5, 0.6) is 5.75 Å². The van der Waals surface area contributed by atoms with Crippen LogP contribution >= 0.6 is 11.8 Å². The van der Waals surface area contributed by atoms with Gasteiger partial charge in [-0.3, -0.25) is 0 Å². The Hall–Kier alpha value is -3.31. The highest BCUT2D eigenvalue weighted by Crippen LogP contribution is 2.25. The first-order valence-corrected chi connectivity index (χ1v) is 9.41. The summed E-state index contributed by atoms with van der Waals surface area (Å²) in [5.74, 6) is 6.52. The van der Waals surface area contributed by atoms with Gasteiger partial charge in [-0.05, 0) is 41.6 Å². The summed E-state index contributed by atoms with van der Waals surface area (Å²) in [7, 11) is 1.60. The van der Waals surface area contributed by atoms with Crippen LogP contribution in [0.2, 0.25) is 0 Å². The number of ether oxygens (including phenoxy) is 2. The van der Waals surface area contributed by atoms with E-state index in [1.165, 1.54) is 11.8 Å². The molecule has 8 heteroatoms. The Morgan fingerprint density at radius 1 is 1.18 bits per heavy atom. The zero-order valence-corrected chi connectivity index (χ0v) is 16.3. The van der Waals surface area contributed by atoms with Gasteiger partial charge in [-0.2, -0.15) is 4.68 Å². The topological polar surface area (TPSA) is 79.1 Å². The summed E-state index contributed by atoms with van der Waals surface area (Å²) in [5, 5.41) is 12.3. The maximum absolute atomic E-state index is 11.9. The smallest absolute Gasteiger partial charge is 0.339 e. The quantitative estimate of drug-likeness (QED) is 0.361. The molecule has 0 fully saturated rings. The number of nitrogens with zero attached hydrogens (tertiary/aromatic N) is 4. The number of methoxy groups -OCH3 is 1. The Bertz CT molecular complexity index is 1020. The van der Waals surface area contributed by atoms with Crippen LogP contribution in [0.4, 0.5) is 0 Å². The van der Waals surface area contributed by atoms with Gasteiger partial charge in [0.15, 0.2) is 6.61 Å². The van der Waals surface area contributed by atoms with E-state index in [9.17, 15) is 4.79 Å². The van der Waals surface area contributed by atoms with E-state index in [0.29, 0.717) is 22.2 Å². The van der Waals surface area contributed by atoms with E-state index in [4.69, 9.17) is 9.47 Å². The van der Waals surface area contributed by atoms with E-state index in [1.807, 2.05) is 43.3 Å². The molecule has 0 atom stereocenters. The summed E-state index contributed by atoms with van der Waals surface area (Å²) in [5.41, 5.74) is 2.27. The lowest BCUT2D eigenvalue weighted by molar-refractivity contribution is 0.0556. The highest BCUT2D eigenvalue weighted by Gasteiger charge is 2.12. The molecule has 3 rings (SSSR count). The SMILES string of the molecule is COc1ccccc1-n1nnnc1SCC#CCOC(=O)c1cccc(C)c1. The molecule has 0 spiro atoms. The number of thioether (sulfide) groups is 1. The number of aryl methyl sites for hydroxylation is 1. The molecule has 0 saturated heterocycles. The van der Waals surface area contributed by atoms with Crippen molar-refractivity contribution in [2.24, 2.45) is 0 Å². The van der Waals surface area contributed by atoms with Crippen molar-refractivity contribution in [1.29, 1.82) is 0 Å². The predicted molar refractivity (Wildman–Crippen MR) is 106 cm³/mol. The van der Waals surface area contributed by atoms with Crippen LogP contribution in [-0.2, 0) is 4.74 Å². The van der Waals surface area contributed by atoms with Gasteiger partial charge in [0.05, 0.1) is 18.4 Å². The molecule has 0 bridgehead atoms. The molecule has 3 aromatic rings. The first kappa shape index (κ1) is 19.5. The molecule has 0 aliphatic rings. The van der Waals surface area contributed by atoms with Crippen molar-refractivity contribution >= 4 is 17.7 Å². The monoisotopic (exact) mass is 394 g/mol. The summed E-state index contributed by atoms with van der Waals surface area (Å²) >= 11 is 1.38. The van der Waals surface area contributed by atoms with Crippen molar-refractivity contribution in [2.75, 3.05) is 19.5 Å². The third-order valence-electron chi connectivity index (χ3n) is 3.68. The van der Waals surface area contributed by atoms with Crippen LogP contribution in [0.15, 0.2) is 53.7 Å². The summed E-state index contributed by atoms with van der Waals surface area (Å²) in [6, 6.07) is 14.7. The van der Waals surface area contributed by atoms with Gasteiger partial charge in [0.25, 0.3) is 0 Å². The number of carbonyl (C=O) groups excluding carboxylic acids is 1. The van der Waals surface area contributed by atoms with Gasteiger partial charge < -0.3 is 9.47 Å². The zero-order valence-electron chi connectivity index (χ0n) is 15.5. The standard InChI is InChI=1S/C20H18N4O3S/c1-15-8-7-9-16(14-15)19(25)27-12-5-6-13-28-20-21-22-23-24(20)17-10-3-4-11-18(17)26-2/h3-4,7-11,14H,12-13H2,1-2H3. The van der Waals surface area contributed by atoms with Crippen molar-refractivity contribution in [3.05, 3.63) is 59.7 Å². The fraction of sp³-hybridized carbons (Fsp3) is 0.200. The van der Waals surface area contributed by atoms with Gasteiger partial charge in [0.1, 0.15) is 11.4 Å². The van der Waals surface area contributed by atoms with Crippen LogP contribution < -0.4 is 4.74 Å². The van der Waals surface area contributed by atoms with Crippen LogP contribution in [-0.4, -0.2) is 45.6 Å². The van der Waals surface area contributed by atoms with Crippen molar-refractivity contribution in [3.63, 3.8) is 0 Å². The lowest BCUT2D eigenvalue weighted by Crippen LogP contribution is -2.05. The van der Waals surface area contributed by atoms with E-state index in [0.717, 1.165) is 11.3 Å². The third kappa shape index (κ3) is 4.90. The Morgan fingerprint density at radius 2 is 2.04 bits per heavy atom. The van der Waals surface area contributed by atoms with Gasteiger partial charge in [-0.1, -0.05) is 53.4 Å². The number of hydrogen-bond donors (Lipinski definition) is 0. The minimum Gasteiger partial charge on any atom is -0.494 e. The van der Waals surface area contributed by atoms with Crippen molar-refractivity contribution in [2.45, 2.75) is 12.1 Å². The maximum atomic E-state index is 11.9. The fourth-order valence-corrected chi connectivity index (χ4v) is 3.04. The van der Waals surface area contributed by atoms with Crippen molar-refractivity contribution in [1.82, 2.24) is 20.2 Å². The van der Waals surface area contributed by atoms with Crippen LogP contribution in [0.3, 0.4) is 0 Å². The van der Waals surface area contributed by atoms with Gasteiger partial charge in [-0.25, -0.2) is 4.79 Å². The molecule has 142 valence electrons. The van der Waals surface area contributed by atoms with Crippen molar-refractivity contribution in [3.8, 4) is 23.3 Å². The normalized spacial score (nSPS) is 10.1. The Labute approximate surface area is 167 Å². The van der Waals surface area contributed by atoms with E-state index < -0.39 is 0 Å². The summed E-state index contributed by atoms with van der Waals surface area (Å²) in [4.78, 5) is 11.9. The number of tetrazole rings is 1. The molecule has 7 nitrogen and oxygen atoms in total. The molecular weight excluding hydrogens is 376 g/mol. The molecular formula is C20H18N4O3S. The number of para-hydroxylation sites is 2. The lowest BCUT2D eigenvalue weighted by atomic mass is 10.1. The number of esters is 1. The number of carbonyl (C=O) groups is 1. The first-order valence-electron chi connectivity index (χ1n) is 8.43. The summed E-state index contributed by atoms with van der Waals surface area (Å²) < 4.78 is 12.1. The highest BCUT2D eigenvalue weighted by atomic mass is 32.2. The Morgan fingerprint density at radius 3 is 2.86 bits per heavy atom. The summed E-state index contributed by atoms with van der Waals surface area (Å²) in [6.45, 7) is 1.96. The summed E-state index contributed by atoms with van der Waals surface area (Å²) in [6.07, 6.45) is 0. The second-order valence-electron chi connectivity index (χ2n) is 5.63. The van der Waals surface area contributed by atoms with E-state index in [1.54, 1.807) is 23.9 Å². The Balaban J connectivity index is 1.53. The largest absolute Gasteiger partial charge is 0.494 e. The van der Waals surface area contributed by atoms with Gasteiger partial charge in [-0.15, -0.1) is 5.10 Å². The fourth-order valence-electron chi connectivity index (χ4n) is 2.38. The minimum atomic E-state index is -0.384. The van der Waals surface area contributed by atoms with E-state index >= 15 is 0 Å². The lowest BCUT2D eigenvalue weighted by Gasteiger charge is -2.08. The van der Waals surface area contributed by atoms with Gasteiger partial charge >= 0.3 is 5.97 Å². The first-order chi connectivity index (χ1) is 13.7. The zero-order chi connectivity index (χ0) is 19.8. The second-order valence-corrected chi connectivity index (χ2v) is 6.58. The minimum absolute atomic E-state index is 0.0325. The van der Waals surface area contributed by atoms with Crippen molar-refractivity contribution < 1.29 is 14.3 Å². The van der Waals surface area contributed by atoms with Gasteiger partial charge in [0, 0.05) is 0 Å². The molecule has 0 saturated carbocycles. The molecule has 2 aromatic carbocycles. The molecule has 28 heavy (non-hydrogen) atoms. The second kappa shape index (κ2) is 9.58. The average Bonchev–Trinajstić information content (AvgIpc) is 3.18. The molecule has 0 aliphatic heterocycles. The molecule has 1 aromatic heterocycles. The molecule has 0 aliphatic carbocycles. The molecule has 0 radical (unpaired) electrons.